The third-order valence-electron chi connectivity index (χ3n) is 8.55. The summed E-state index contributed by atoms with van der Waals surface area (Å²) in [5.74, 6) is -0.922. The van der Waals surface area contributed by atoms with Gasteiger partial charge in [-0.1, -0.05) is 171 Å². The van der Waals surface area contributed by atoms with Crippen molar-refractivity contribution >= 4 is 19.8 Å². The predicted octanol–water partition coefficient (Wildman–Crippen LogP) is 12.5. The second-order valence-corrected chi connectivity index (χ2v) is 14.8. The van der Waals surface area contributed by atoms with Crippen LogP contribution in [0.4, 0.5) is 0 Å². The van der Waals surface area contributed by atoms with Crippen molar-refractivity contribution in [3.63, 3.8) is 0 Å². The molecule has 9 heteroatoms. The van der Waals surface area contributed by atoms with Gasteiger partial charge in [0.1, 0.15) is 6.61 Å². The Hall–Kier alpha value is -2.25. The van der Waals surface area contributed by atoms with Gasteiger partial charge >= 0.3 is 19.8 Å². The van der Waals surface area contributed by atoms with Crippen molar-refractivity contribution in [2.24, 2.45) is 0 Å². The highest BCUT2D eigenvalue weighted by molar-refractivity contribution is 7.46. The van der Waals surface area contributed by atoms with Crippen molar-refractivity contribution in [1.29, 1.82) is 0 Å². The third-order valence-corrected chi connectivity index (χ3v) is 9.04. The summed E-state index contributed by atoms with van der Waals surface area (Å²) < 4.78 is 26.3. The summed E-state index contributed by atoms with van der Waals surface area (Å²) in [4.78, 5) is 42.8. The number of rotatable bonds is 37. The van der Waals surface area contributed by atoms with E-state index in [1.54, 1.807) is 0 Å². The molecule has 0 amide bonds. The Bertz CT molecular complexity index is 1030. The number of allylic oxidation sites excluding steroid dienone is 10. The Morgan fingerprint density at radius 2 is 0.923 bits per heavy atom. The van der Waals surface area contributed by atoms with Crippen molar-refractivity contribution in [1.82, 2.24) is 0 Å². The molecule has 0 aliphatic heterocycles. The zero-order valence-electron chi connectivity index (χ0n) is 32.9. The van der Waals surface area contributed by atoms with Crippen LogP contribution in [0.1, 0.15) is 181 Å². The molecule has 1 unspecified atom stereocenters. The Morgan fingerprint density at radius 1 is 0.519 bits per heavy atom. The molecule has 8 nitrogen and oxygen atoms in total. The highest BCUT2D eigenvalue weighted by Gasteiger charge is 2.22. The molecule has 0 heterocycles. The van der Waals surface area contributed by atoms with Crippen molar-refractivity contribution in [2.45, 2.75) is 187 Å². The molecule has 0 bridgehead atoms. The lowest BCUT2D eigenvalue weighted by atomic mass is 10.0. The molecule has 0 aromatic carbocycles. The SMILES string of the molecule is CC/C=C\C/C=C\C/C=C\C/C=C\C/C=C\CCCCCC(=O)OC(COC(=O)CCCCCCCCCCCCCCCCC)COP(=O)(O)O. The van der Waals surface area contributed by atoms with Gasteiger partial charge in [0, 0.05) is 12.8 Å². The molecule has 1 atom stereocenters. The minimum absolute atomic E-state index is 0.172. The molecule has 0 saturated heterocycles. The number of hydrogen-bond acceptors (Lipinski definition) is 6. The first kappa shape index (κ1) is 49.8. The van der Waals surface area contributed by atoms with Crippen LogP contribution in [-0.2, 0) is 28.2 Å². The van der Waals surface area contributed by atoms with Crippen LogP contribution >= 0.6 is 7.82 Å². The predicted molar refractivity (Wildman–Crippen MR) is 216 cm³/mol. The fraction of sp³-hybridized carbons (Fsp3) is 0.721. The molecule has 0 aromatic rings. The van der Waals surface area contributed by atoms with Crippen molar-refractivity contribution in [3.05, 3.63) is 60.8 Å². The number of phosphoric ester groups is 1. The molecule has 0 rings (SSSR count). The number of unbranched alkanes of at least 4 members (excludes halogenated alkanes) is 17. The second-order valence-electron chi connectivity index (χ2n) is 13.6. The zero-order valence-corrected chi connectivity index (χ0v) is 33.8. The van der Waals surface area contributed by atoms with Crippen molar-refractivity contribution < 1.29 is 37.9 Å². The summed E-state index contributed by atoms with van der Waals surface area (Å²) in [6.45, 7) is 3.55. The van der Waals surface area contributed by atoms with Crippen LogP contribution in [0.5, 0.6) is 0 Å². The van der Waals surface area contributed by atoms with Gasteiger partial charge in [0.25, 0.3) is 0 Å². The van der Waals surface area contributed by atoms with E-state index in [2.05, 4.69) is 79.1 Å². The number of carbonyl (C=O) groups excluding carboxylic acids is 2. The van der Waals surface area contributed by atoms with Crippen molar-refractivity contribution in [3.8, 4) is 0 Å². The van der Waals surface area contributed by atoms with E-state index in [0.717, 1.165) is 70.6 Å². The van der Waals surface area contributed by atoms with E-state index in [0.29, 0.717) is 6.42 Å². The number of ether oxygens (including phenoxy) is 2. The fourth-order valence-corrected chi connectivity index (χ4v) is 5.88. The normalized spacial score (nSPS) is 13.1. The largest absolute Gasteiger partial charge is 0.469 e. The quantitative estimate of drug-likeness (QED) is 0.0279. The maximum Gasteiger partial charge on any atom is 0.469 e. The number of phosphoric acid groups is 1. The molecule has 2 N–H and O–H groups in total. The Morgan fingerprint density at radius 3 is 1.38 bits per heavy atom. The summed E-state index contributed by atoms with van der Waals surface area (Å²) in [5.41, 5.74) is 0. The first-order valence-electron chi connectivity index (χ1n) is 20.6. The summed E-state index contributed by atoms with van der Waals surface area (Å²) in [5, 5.41) is 0. The number of hydrogen-bond donors (Lipinski definition) is 2. The first-order valence-corrected chi connectivity index (χ1v) is 22.1. The molecule has 52 heavy (non-hydrogen) atoms. The maximum absolute atomic E-state index is 12.4. The Kier molecular flexibility index (Phi) is 36.8. The molecule has 0 spiro atoms. The first-order chi connectivity index (χ1) is 25.3. The topological polar surface area (TPSA) is 119 Å². The van der Waals surface area contributed by atoms with E-state index in [1.807, 2.05) is 0 Å². The molecule has 0 aliphatic carbocycles. The molecule has 0 radical (unpaired) electrons. The van der Waals surface area contributed by atoms with Crippen molar-refractivity contribution in [2.75, 3.05) is 13.2 Å². The van der Waals surface area contributed by atoms with Crippen LogP contribution in [0.15, 0.2) is 60.8 Å². The smallest absolute Gasteiger partial charge is 0.462 e. The fourth-order valence-electron chi connectivity index (χ4n) is 5.52. The van der Waals surface area contributed by atoms with Crippen LogP contribution in [0.25, 0.3) is 0 Å². The third kappa shape index (κ3) is 40.5. The van der Waals surface area contributed by atoms with E-state index >= 15 is 0 Å². The summed E-state index contributed by atoms with van der Waals surface area (Å²) in [6.07, 6.45) is 48.0. The molecular formula is C43H75O8P. The van der Waals surface area contributed by atoms with Gasteiger partial charge in [-0.15, -0.1) is 0 Å². The van der Waals surface area contributed by atoms with Gasteiger partial charge in [-0.3, -0.25) is 14.1 Å². The summed E-state index contributed by atoms with van der Waals surface area (Å²) in [6, 6.07) is 0. The highest BCUT2D eigenvalue weighted by Crippen LogP contribution is 2.36. The lowest BCUT2D eigenvalue weighted by molar-refractivity contribution is -0.161. The number of carbonyl (C=O) groups is 2. The standard InChI is InChI=1S/C43H75O8P/c1-3-5-7-9-11-13-15-17-19-20-21-22-24-26-28-30-32-34-36-38-43(45)51-41(40-50-52(46,47)48)39-49-42(44)37-35-33-31-29-27-25-23-18-16-14-12-10-8-6-4-2/h5,7,11,13,17,19,21-22,26,28,41H,3-4,6,8-10,12,14-16,18,20,23-25,27,29-40H2,1-2H3,(H2,46,47,48)/b7-5-,13-11-,19-17-,22-21-,28-26-. The molecule has 300 valence electrons. The van der Waals surface area contributed by atoms with Gasteiger partial charge in [-0.25, -0.2) is 4.57 Å². The Labute approximate surface area is 317 Å². The van der Waals surface area contributed by atoms with E-state index < -0.39 is 32.5 Å². The lowest BCUT2D eigenvalue weighted by Gasteiger charge is -2.18. The van der Waals surface area contributed by atoms with Crippen LogP contribution < -0.4 is 0 Å². The van der Waals surface area contributed by atoms with E-state index in [-0.39, 0.29) is 19.4 Å². The van der Waals surface area contributed by atoms with Crippen LogP contribution in [0.3, 0.4) is 0 Å². The lowest BCUT2D eigenvalue weighted by Crippen LogP contribution is -2.29. The molecule has 0 fully saturated rings. The molecule has 0 aromatic heterocycles. The van der Waals surface area contributed by atoms with Gasteiger partial charge in [-0.2, -0.15) is 0 Å². The zero-order chi connectivity index (χ0) is 38.2. The Balaban J connectivity index is 4.00. The monoisotopic (exact) mass is 751 g/mol. The number of esters is 2. The van der Waals surface area contributed by atoms with Gasteiger partial charge in [0.2, 0.25) is 0 Å². The van der Waals surface area contributed by atoms with E-state index in [4.69, 9.17) is 19.3 Å². The minimum Gasteiger partial charge on any atom is -0.462 e. The maximum atomic E-state index is 12.4. The van der Waals surface area contributed by atoms with Crippen LogP contribution in [-0.4, -0.2) is 41.0 Å². The average molecular weight is 751 g/mol. The summed E-state index contributed by atoms with van der Waals surface area (Å²) >= 11 is 0. The van der Waals surface area contributed by atoms with Gasteiger partial charge in [-0.05, 0) is 57.8 Å². The molecule has 0 saturated carbocycles. The van der Waals surface area contributed by atoms with Gasteiger partial charge in [0.15, 0.2) is 6.10 Å². The summed E-state index contributed by atoms with van der Waals surface area (Å²) in [7, 11) is -4.76. The van der Waals surface area contributed by atoms with Gasteiger partial charge in [0.05, 0.1) is 6.61 Å². The average Bonchev–Trinajstić information content (AvgIpc) is 3.11. The molecule has 0 aliphatic rings. The van der Waals surface area contributed by atoms with E-state index in [9.17, 15) is 14.2 Å². The second kappa shape index (κ2) is 38.5. The molecular weight excluding hydrogens is 675 g/mol. The van der Waals surface area contributed by atoms with Gasteiger partial charge < -0.3 is 19.3 Å². The van der Waals surface area contributed by atoms with Crippen LogP contribution in [0.2, 0.25) is 0 Å². The van der Waals surface area contributed by atoms with E-state index in [1.165, 1.54) is 77.0 Å². The minimum atomic E-state index is -4.76. The van der Waals surface area contributed by atoms with Crippen LogP contribution in [0, 0.1) is 0 Å². The highest BCUT2D eigenvalue weighted by atomic mass is 31.2.